The van der Waals surface area contributed by atoms with E-state index in [0.717, 1.165) is 5.56 Å². The van der Waals surface area contributed by atoms with Crippen molar-refractivity contribution in [2.45, 2.75) is 31.5 Å². The van der Waals surface area contributed by atoms with Crippen molar-refractivity contribution < 1.29 is 24.1 Å². The number of rotatable bonds is 15. The second-order valence-electron chi connectivity index (χ2n) is 12.2. The predicted molar refractivity (Wildman–Crippen MR) is 216 cm³/mol. The minimum Gasteiger partial charge on any atom is -0.491 e. The summed E-state index contributed by atoms with van der Waals surface area (Å²) < 4.78 is 24.8. The Hall–Kier alpha value is -6.74. The SMILES string of the molecule is Nc1ccc(N)c(CCO)c1.Nc1ccc(OCCC(Oc2ccc(N)cc2N)C(CCOc2ccc(N)cc2N)Oc2ccc(N)cc2N)c(N)c1. The average molecular weight is 727 g/mol. The molecule has 5 aromatic carbocycles. The van der Waals surface area contributed by atoms with Gasteiger partial charge in [-0.1, -0.05) is 0 Å². The lowest BCUT2D eigenvalue weighted by Gasteiger charge is -2.30. The van der Waals surface area contributed by atoms with Gasteiger partial charge in [-0.25, -0.2) is 0 Å². The highest BCUT2D eigenvalue weighted by Gasteiger charge is 2.28. The van der Waals surface area contributed by atoms with E-state index in [9.17, 15) is 0 Å². The molecule has 53 heavy (non-hydrogen) atoms. The van der Waals surface area contributed by atoms with E-state index in [0.29, 0.717) is 99.1 Å². The van der Waals surface area contributed by atoms with Crippen LogP contribution in [0.25, 0.3) is 0 Å². The molecule has 5 aromatic rings. The molecule has 0 saturated heterocycles. The van der Waals surface area contributed by atoms with E-state index in [2.05, 4.69) is 0 Å². The molecule has 15 nitrogen and oxygen atoms in total. The molecule has 2 atom stereocenters. The fraction of sp³-hybridized carbons (Fsp3) is 0.211. The van der Waals surface area contributed by atoms with Crippen LogP contribution in [-0.2, 0) is 6.42 Å². The van der Waals surface area contributed by atoms with Crippen LogP contribution >= 0.6 is 0 Å². The number of hydrogen-bond donors (Lipinski definition) is 11. The van der Waals surface area contributed by atoms with E-state index in [1.165, 1.54) is 0 Å². The summed E-state index contributed by atoms with van der Waals surface area (Å²) in [5, 5.41) is 8.64. The zero-order valence-corrected chi connectivity index (χ0v) is 29.4. The highest BCUT2D eigenvalue weighted by Crippen LogP contribution is 2.32. The molecule has 0 amide bonds. The summed E-state index contributed by atoms with van der Waals surface area (Å²) in [5.74, 6) is 1.86. The van der Waals surface area contributed by atoms with Crippen LogP contribution in [-0.4, -0.2) is 37.1 Å². The van der Waals surface area contributed by atoms with Crippen molar-refractivity contribution in [2.75, 3.05) is 77.2 Å². The van der Waals surface area contributed by atoms with Gasteiger partial charge in [-0.3, -0.25) is 0 Å². The van der Waals surface area contributed by atoms with Crippen LogP contribution in [0.2, 0.25) is 0 Å². The van der Waals surface area contributed by atoms with E-state index >= 15 is 0 Å². The largest absolute Gasteiger partial charge is 0.491 e. The van der Waals surface area contributed by atoms with E-state index in [4.69, 9.17) is 81.4 Å². The summed E-state index contributed by atoms with van der Waals surface area (Å²) in [5.41, 5.74) is 65.2. The first-order valence-electron chi connectivity index (χ1n) is 16.8. The number of hydrogen-bond acceptors (Lipinski definition) is 15. The first kappa shape index (κ1) is 39.1. The Balaban J connectivity index is 0.000000488. The molecule has 21 N–H and O–H groups in total. The number of aliphatic hydroxyl groups is 1. The predicted octanol–water partition coefficient (Wildman–Crippen LogP) is 3.86. The van der Waals surface area contributed by atoms with Crippen molar-refractivity contribution in [2.24, 2.45) is 0 Å². The van der Waals surface area contributed by atoms with Crippen LogP contribution in [0.5, 0.6) is 23.0 Å². The summed E-state index contributed by atoms with van der Waals surface area (Å²) in [6.45, 7) is 0.570. The number of benzene rings is 5. The van der Waals surface area contributed by atoms with Gasteiger partial charge in [0.2, 0.25) is 0 Å². The van der Waals surface area contributed by atoms with Gasteiger partial charge in [-0.2, -0.15) is 0 Å². The number of aliphatic hydroxyl groups excluding tert-OH is 1. The van der Waals surface area contributed by atoms with E-state index in [-0.39, 0.29) is 19.8 Å². The summed E-state index contributed by atoms with van der Waals surface area (Å²) in [4.78, 5) is 0. The molecule has 0 aliphatic heterocycles. The van der Waals surface area contributed by atoms with Gasteiger partial charge >= 0.3 is 0 Å². The molecule has 0 radical (unpaired) electrons. The van der Waals surface area contributed by atoms with E-state index in [1.54, 1.807) is 91.0 Å². The van der Waals surface area contributed by atoms with E-state index < -0.39 is 12.2 Å². The Kier molecular flexibility index (Phi) is 13.6. The lowest BCUT2D eigenvalue weighted by molar-refractivity contribution is 0.0281. The summed E-state index contributed by atoms with van der Waals surface area (Å²) in [6, 6.07) is 25.5. The zero-order chi connectivity index (χ0) is 38.5. The fourth-order valence-corrected chi connectivity index (χ4v) is 5.25. The van der Waals surface area contributed by atoms with Crippen molar-refractivity contribution in [3.63, 3.8) is 0 Å². The Labute approximate surface area is 308 Å². The number of anilines is 10. The van der Waals surface area contributed by atoms with Crippen LogP contribution in [0.1, 0.15) is 18.4 Å². The summed E-state index contributed by atoms with van der Waals surface area (Å²) in [7, 11) is 0. The first-order valence-corrected chi connectivity index (χ1v) is 16.8. The lowest BCUT2D eigenvalue weighted by Crippen LogP contribution is -2.39. The van der Waals surface area contributed by atoms with Gasteiger partial charge in [0.1, 0.15) is 35.2 Å². The Bertz CT molecular complexity index is 1850. The van der Waals surface area contributed by atoms with Crippen molar-refractivity contribution in [1.82, 2.24) is 0 Å². The van der Waals surface area contributed by atoms with Crippen LogP contribution in [0.4, 0.5) is 56.9 Å². The smallest absolute Gasteiger partial charge is 0.142 e. The molecule has 0 fully saturated rings. The van der Waals surface area contributed by atoms with Gasteiger partial charge in [0.25, 0.3) is 0 Å². The second kappa shape index (κ2) is 18.5. The van der Waals surface area contributed by atoms with Gasteiger partial charge < -0.3 is 81.4 Å². The molecule has 282 valence electrons. The Morgan fingerprint density at radius 1 is 0.415 bits per heavy atom. The van der Waals surface area contributed by atoms with Crippen LogP contribution in [0.15, 0.2) is 91.0 Å². The standard InChI is InChI=1S/C30H38N8O4.C8H12N2O/c31-17-1-5-25(21(35)13-17)39-11-9-29(41-27-7-3-19(33)15-23(27)37)30(42-28-8-4-20(34)16-24(28)38)10-12-40-26-6-2-18(32)14-22(26)36;9-7-1-2-8(10)6(5-7)3-4-11/h1-8,13-16,29-30H,9-12,31-38H2;1-2,5,11H,3-4,9-10H2. The van der Waals surface area contributed by atoms with Crippen LogP contribution in [0, 0.1) is 0 Å². The van der Waals surface area contributed by atoms with Gasteiger partial charge in [0.05, 0.1) is 36.0 Å². The molecule has 0 bridgehead atoms. The Morgan fingerprint density at radius 2 is 0.755 bits per heavy atom. The van der Waals surface area contributed by atoms with Gasteiger partial charge in [0.15, 0.2) is 0 Å². The normalized spacial score (nSPS) is 11.8. The molecule has 0 aliphatic rings. The maximum Gasteiger partial charge on any atom is 0.142 e. The van der Waals surface area contributed by atoms with Gasteiger partial charge in [0, 0.05) is 53.6 Å². The average Bonchev–Trinajstić information content (AvgIpc) is 3.10. The molecule has 5 rings (SSSR count). The monoisotopic (exact) mass is 726 g/mol. The number of nitrogens with two attached hydrogens (primary N) is 10. The fourth-order valence-electron chi connectivity index (χ4n) is 5.25. The molecule has 15 heteroatoms. The minimum absolute atomic E-state index is 0.105. The van der Waals surface area contributed by atoms with Gasteiger partial charge in [-0.05, 0) is 103 Å². The van der Waals surface area contributed by atoms with Crippen molar-refractivity contribution in [3.8, 4) is 23.0 Å². The molecular formula is C38H50N10O5. The number of ether oxygens (including phenoxy) is 4. The quantitative estimate of drug-likeness (QED) is 0.0682. The van der Waals surface area contributed by atoms with Gasteiger partial charge in [-0.15, -0.1) is 0 Å². The molecule has 0 aromatic heterocycles. The number of nitrogen functional groups attached to an aromatic ring is 10. The minimum atomic E-state index is -0.588. The molecular weight excluding hydrogens is 676 g/mol. The van der Waals surface area contributed by atoms with Crippen LogP contribution < -0.4 is 76.3 Å². The topological polar surface area (TPSA) is 317 Å². The maximum atomic E-state index is 8.64. The van der Waals surface area contributed by atoms with Crippen molar-refractivity contribution in [3.05, 3.63) is 96.6 Å². The maximum absolute atomic E-state index is 8.64. The second-order valence-corrected chi connectivity index (χ2v) is 12.2. The molecule has 0 saturated carbocycles. The molecule has 0 spiro atoms. The summed E-state index contributed by atoms with van der Waals surface area (Å²) in [6.07, 6.45) is 0.135. The zero-order valence-electron chi connectivity index (χ0n) is 29.4. The van der Waals surface area contributed by atoms with Crippen molar-refractivity contribution >= 4 is 56.9 Å². The third-order valence-corrected chi connectivity index (χ3v) is 7.97. The Morgan fingerprint density at radius 3 is 1.11 bits per heavy atom. The molecule has 0 aliphatic carbocycles. The lowest BCUT2D eigenvalue weighted by atomic mass is 10.1. The van der Waals surface area contributed by atoms with Crippen molar-refractivity contribution in [1.29, 1.82) is 0 Å². The molecule has 2 unspecified atom stereocenters. The molecule has 0 heterocycles. The third-order valence-electron chi connectivity index (χ3n) is 7.97. The van der Waals surface area contributed by atoms with Crippen LogP contribution in [0.3, 0.4) is 0 Å². The summed E-state index contributed by atoms with van der Waals surface area (Å²) >= 11 is 0. The highest BCUT2D eigenvalue weighted by molar-refractivity contribution is 5.63. The highest BCUT2D eigenvalue weighted by atomic mass is 16.5. The third kappa shape index (κ3) is 11.7. The first-order chi connectivity index (χ1) is 25.3. The van der Waals surface area contributed by atoms with E-state index in [1.807, 2.05) is 0 Å².